The van der Waals surface area contributed by atoms with E-state index in [1.807, 2.05) is 18.2 Å². The zero-order valence-corrected chi connectivity index (χ0v) is 13.4. The summed E-state index contributed by atoms with van der Waals surface area (Å²) >= 11 is 0. The first-order valence-corrected chi connectivity index (χ1v) is 7.99. The molecule has 0 bridgehead atoms. The number of nitrogens with two attached hydrogens (primary N) is 1. The van der Waals surface area contributed by atoms with Crippen molar-refractivity contribution in [3.63, 3.8) is 0 Å². The fourth-order valence-electron chi connectivity index (χ4n) is 3.81. The highest BCUT2D eigenvalue weighted by atomic mass is 16.5. The monoisotopic (exact) mass is 303 g/mol. The number of ether oxygens (including phenoxy) is 2. The molecule has 3 N–H and O–H groups in total. The van der Waals surface area contributed by atoms with Crippen molar-refractivity contribution >= 4 is 11.6 Å². The van der Waals surface area contributed by atoms with Gasteiger partial charge in [0.15, 0.2) is 17.5 Å². The highest BCUT2D eigenvalue weighted by Crippen LogP contribution is 2.54. The Morgan fingerprint density at radius 3 is 2.50 bits per heavy atom. The number of hydrogen-bond acceptors (Lipinski definition) is 3. The minimum Gasteiger partial charge on any atom is -0.493 e. The van der Waals surface area contributed by atoms with Crippen LogP contribution in [0, 0.1) is 5.41 Å². The fourth-order valence-corrected chi connectivity index (χ4v) is 3.81. The van der Waals surface area contributed by atoms with E-state index in [0.717, 1.165) is 12.1 Å². The van der Waals surface area contributed by atoms with Crippen LogP contribution in [0.5, 0.6) is 11.5 Å². The molecule has 120 valence electrons. The van der Waals surface area contributed by atoms with E-state index in [-0.39, 0.29) is 0 Å². The molecule has 2 saturated carbocycles. The van der Waals surface area contributed by atoms with Gasteiger partial charge in [-0.3, -0.25) is 0 Å². The van der Waals surface area contributed by atoms with E-state index < -0.39 is 0 Å². The Morgan fingerprint density at radius 2 is 1.91 bits per heavy atom. The van der Waals surface area contributed by atoms with Crippen LogP contribution in [0.15, 0.2) is 23.2 Å². The van der Waals surface area contributed by atoms with Crippen molar-refractivity contribution in [3.05, 3.63) is 18.2 Å². The van der Waals surface area contributed by atoms with E-state index >= 15 is 0 Å². The Bertz CT molecular complexity index is 565. The van der Waals surface area contributed by atoms with Gasteiger partial charge in [0.1, 0.15) is 0 Å². The number of hydrogen-bond donors (Lipinski definition) is 2. The molecule has 3 rings (SSSR count). The molecule has 0 radical (unpaired) electrons. The van der Waals surface area contributed by atoms with Gasteiger partial charge in [-0.15, -0.1) is 0 Å². The lowest BCUT2D eigenvalue weighted by Crippen LogP contribution is -2.43. The second-order valence-corrected chi connectivity index (χ2v) is 6.33. The van der Waals surface area contributed by atoms with Gasteiger partial charge in [0.05, 0.1) is 20.3 Å². The molecule has 5 heteroatoms. The number of nitrogens with one attached hydrogen (secondary N) is 1. The molecule has 2 aliphatic rings. The van der Waals surface area contributed by atoms with E-state index in [1.54, 1.807) is 14.2 Å². The van der Waals surface area contributed by atoms with Crippen molar-refractivity contribution in [3.8, 4) is 11.5 Å². The molecular weight excluding hydrogens is 278 g/mol. The Kier molecular flexibility index (Phi) is 4.14. The second kappa shape index (κ2) is 6.07. The summed E-state index contributed by atoms with van der Waals surface area (Å²) in [6.45, 7) is 0. The van der Waals surface area contributed by atoms with Gasteiger partial charge in [0.25, 0.3) is 0 Å². The minimum absolute atomic E-state index is 0.391. The van der Waals surface area contributed by atoms with Crippen LogP contribution in [0.3, 0.4) is 0 Å². The number of aliphatic imine (C=N–C) groups is 1. The Morgan fingerprint density at radius 1 is 1.18 bits per heavy atom. The Balaban J connectivity index is 1.69. The second-order valence-electron chi connectivity index (χ2n) is 6.33. The molecule has 5 nitrogen and oxygen atoms in total. The summed E-state index contributed by atoms with van der Waals surface area (Å²) < 4.78 is 10.5. The molecule has 2 aliphatic carbocycles. The average Bonchev–Trinajstić information content (AvgIpc) is 3.03. The van der Waals surface area contributed by atoms with Crippen molar-refractivity contribution in [2.45, 2.75) is 44.6 Å². The topological polar surface area (TPSA) is 68.9 Å². The van der Waals surface area contributed by atoms with Crippen molar-refractivity contribution < 1.29 is 9.47 Å². The first-order valence-electron chi connectivity index (χ1n) is 7.99. The zero-order valence-electron chi connectivity index (χ0n) is 13.4. The van der Waals surface area contributed by atoms with Gasteiger partial charge in [-0.1, -0.05) is 12.8 Å². The molecule has 0 amide bonds. The zero-order chi connectivity index (χ0) is 15.6. The Hall–Kier alpha value is -1.91. The van der Waals surface area contributed by atoms with Crippen molar-refractivity contribution in [1.82, 2.24) is 0 Å². The van der Waals surface area contributed by atoms with Crippen LogP contribution in [-0.2, 0) is 0 Å². The molecule has 1 spiro atoms. The molecule has 1 aromatic carbocycles. The fraction of sp³-hybridized carbons (Fsp3) is 0.588. The lowest BCUT2D eigenvalue weighted by molar-refractivity contribution is 0.104. The molecule has 1 unspecified atom stereocenters. The molecule has 22 heavy (non-hydrogen) atoms. The molecular formula is C17H25N3O2. The molecule has 2 fully saturated rings. The Labute approximate surface area is 131 Å². The van der Waals surface area contributed by atoms with Gasteiger partial charge in [-0.25, -0.2) is 4.99 Å². The highest BCUT2D eigenvalue weighted by Gasteiger charge is 2.48. The van der Waals surface area contributed by atoms with Crippen LogP contribution >= 0.6 is 0 Å². The predicted octanol–water partition coefficient (Wildman–Crippen LogP) is 3.15. The maximum atomic E-state index is 6.10. The quantitative estimate of drug-likeness (QED) is 0.662. The predicted molar refractivity (Wildman–Crippen MR) is 88.7 cm³/mol. The van der Waals surface area contributed by atoms with Gasteiger partial charge in [0.2, 0.25) is 0 Å². The van der Waals surface area contributed by atoms with Crippen molar-refractivity contribution in [2.75, 3.05) is 19.5 Å². The van der Waals surface area contributed by atoms with Crippen LogP contribution < -0.4 is 20.5 Å². The lowest BCUT2D eigenvalue weighted by Gasteiger charge is -2.45. The van der Waals surface area contributed by atoms with Crippen LogP contribution in [0.25, 0.3) is 0 Å². The third kappa shape index (κ3) is 2.72. The first-order chi connectivity index (χ1) is 10.7. The summed E-state index contributed by atoms with van der Waals surface area (Å²) in [6.07, 6.45) is 7.78. The minimum atomic E-state index is 0.391. The molecule has 1 aromatic rings. The summed E-state index contributed by atoms with van der Waals surface area (Å²) in [6, 6.07) is 6.03. The van der Waals surface area contributed by atoms with E-state index in [9.17, 15) is 0 Å². The number of methoxy groups -OCH3 is 2. The number of guanidine groups is 1. The van der Waals surface area contributed by atoms with Gasteiger partial charge < -0.3 is 20.5 Å². The third-order valence-electron chi connectivity index (χ3n) is 5.17. The lowest BCUT2D eigenvalue weighted by atomic mass is 9.63. The average molecular weight is 303 g/mol. The van der Waals surface area contributed by atoms with E-state index in [2.05, 4.69) is 5.32 Å². The van der Waals surface area contributed by atoms with Crippen LogP contribution in [0.2, 0.25) is 0 Å². The molecule has 0 heterocycles. The summed E-state index contributed by atoms with van der Waals surface area (Å²) in [4.78, 5) is 4.72. The van der Waals surface area contributed by atoms with Gasteiger partial charge in [-0.2, -0.15) is 0 Å². The van der Waals surface area contributed by atoms with Gasteiger partial charge in [0, 0.05) is 11.8 Å². The maximum Gasteiger partial charge on any atom is 0.193 e. The number of anilines is 1. The van der Waals surface area contributed by atoms with Crippen molar-refractivity contribution in [2.24, 2.45) is 16.1 Å². The first kappa shape index (κ1) is 15.0. The van der Waals surface area contributed by atoms with Gasteiger partial charge >= 0.3 is 0 Å². The standard InChI is InChI=1S/C17H25N3O2/c1-21-13-6-5-12(11-14(13)22-2)19-16(18)20-15-7-10-17(15)8-3-4-9-17/h5-6,11,15H,3-4,7-10H2,1-2H3,(H3,18,19,20). The van der Waals surface area contributed by atoms with Crippen LogP contribution in [0.1, 0.15) is 38.5 Å². The van der Waals surface area contributed by atoms with Gasteiger partial charge in [-0.05, 0) is 43.2 Å². The largest absolute Gasteiger partial charge is 0.493 e. The third-order valence-corrected chi connectivity index (χ3v) is 5.17. The molecule has 0 aromatic heterocycles. The summed E-state index contributed by atoms with van der Waals surface area (Å²) in [5.41, 5.74) is 7.40. The van der Waals surface area contributed by atoms with E-state index in [1.165, 1.54) is 32.1 Å². The maximum absolute atomic E-state index is 6.10. The molecule has 0 saturated heterocycles. The summed E-state index contributed by atoms with van der Waals surface area (Å²) in [5, 5.41) is 3.17. The normalized spacial score (nSPS) is 23.2. The van der Waals surface area contributed by atoms with Crippen molar-refractivity contribution in [1.29, 1.82) is 0 Å². The summed E-state index contributed by atoms with van der Waals surface area (Å²) in [5.74, 6) is 1.87. The van der Waals surface area contributed by atoms with E-state index in [0.29, 0.717) is 28.9 Å². The molecule has 0 aliphatic heterocycles. The van der Waals surface area contributed by atoms with Crippen LogP contribution in [0.4, 0.5) is 5.69 Å². The molecule has 1 atom stereocenters. The number of benzene rings is 1. The number of rotatable bonds is 4. The number of nitrogens with zero attached hydrogens (tertiary/aromatic N) is 1. The smallest absolute Gasteiger partial charge is 0.193 e. The summed E-state index contributed by atoms with van der Waals surface area (Å²) in [7, 11) is 3.25. The van der Waals surface area contributed by atoms with E-state index in [4.69, 9.17) is 20.2 Å². The highest BCUT2D eigenvalue weighted by molar-refractivity contribution is 5.92. The van der Waals surface area contributed by atoms with Crippen LogP contribution in [-0.4, -0.2) is 26.2 Å². The SMILES string of the molecule is COc1ccc(NC(N)=NC2CCC23CCCC3)cc1OC.